The summed E-state index contributed by atoms with van der Waals surface area (Å²) in [4.78, 5) is 26.7. The van der Waals surface area contributed by atoms with E-state index in [2.05, 4.69) is 5.32 Å². The Balaban J connectivity index is 1.51. The second kappa shape index (κ2) is 8.80. The Kier molecular flexibility index (Phi) is 6.22. The molecule has 1 atom stereocenters. The number of piperidine rings is 1. The van der Waals surface area contributed by atoms with E-state index >= 15 is 0 Å². The van der Waals surface area contributed by atoms with Crippen LogP contribution in [0, 0.1) is 18.7 Å². The van der Waals surface area contributed by atoms with Crippen LogP contribution < -0.4 is 5.32 Å². The number of aryl methyl sites for hydroxylation is 1. The number of amides is 2. The molecule has 0 aliphatic carbocycles. The van der Waals surface area contributed by atoms with Crippen molar-refractivity contribution in [2.75, 3.05) is 19.6 Å². The predicted octanol–water partition coefficient (Wildman–Crippen LogP) is 3.35. The molecule has 1 saturated heterocycles. The highest BCUT2D eigenvalue weighted by Gasteiger charge is 2.24. The van der Waals surface area contributed by atoms with E-state index in [0.29, 0.717) is 25.1 Å². The highest BCUT2D eigenvalue weighted by atomic mass is 19.1. The van der Waals surface area contributed by atoms with Gasteiger partial charge in [-0.1, -0.05) is 24.3 Å². The van der Waals surface area contributed by atoms with Gasteiger partial charge in [-0.3, -0.25) is 9.59 Å². The lowest BCUT2D eigenvalue weighted by Crippen LogP contribution is -2.44. The highest BCUT2D eigenvalue weighted by Crippen LogP contribution is 2.18. The number of halogens is 1. The minimum Gasteiger partial charge on any atom is -0.352 e. The average Bonchev–Trinajstić information content (AvgIpc) is 2.68. The Morgan fingerprint density at radius 1 is 1.15 bits per heavy atom. The molecule has 0 unspecified atom stereocenters. The first kappa shape index (κ1) is 19.1. The zero-order valence-electron chi connectivity index (χ0n) is 15.6. The smallest absolute Gasteiger partial charge is 0.251 e. The van der Waals surface area contributed by atoms with E-state index in [1.54, 1.807) is 0 Å². The third-order valence-electron chi connectivity index (χ3n) is 5.13. The summed E-state index contributed by atoms with van der Waals surface area (Å²) in [6, 6.07) is 13.5. The molecule has 1 heterocycles. The molecule has 1 aliphatic heterocycles. The molecule has 27 heavy (non-hydrogen) atoms. The van der Waals surface area contributed by atoms with Crippen molar-refractivity contribution >= 4 is 11.8 Å². The van der Waals surface area contributed by atoms with Crippen molar-refractivity contribution in [1.82, 2.24) is 10.2 Å². The molecule has 3 rings (SSSR count). The lowest BCUT2D eigenvalue weighted by molar-refractivity contribution is -0.132. The van der Waals surface area contributed by atoms with Gasteiger partial charge in [0, 0.05) is 25.2 Å². The van der Waals surface area contributed by atoms with Crippen LogP contribution >= 0.6 is 0 Å². The van der Waals surface area contributed by atoms with Gasteiger partial charge < -0.3 is 10.2 Å². The van der Waals surface area contributed by atoms with E-state index < -0.39 is 0 Å². The van der Waals surface area contributed by atoms with Crippen molar-refractivity contribution in [2.24, 2.45) is 5.92 Å². The first-order chi connectivity index (χ1) is 13.0. The molecular weight excluding hydrogens is 343 g/mol. The molecule has 0 radical (unpaired) electrons. The van der Waals surface area contributed by atoms with Gasteiger partial charge >= 0.3 is 0 Å². The normalized spacial score (nSPS) is 16.8. The molecule has 1 fully saturated rings. The summed E-state index contributed by atoms with van der Waals surface area (Å²) in [5, 5.41) is 2.91. The minimum atomic E-state index is -0.360. The average molecular weight is 368 g/mol. The van der Waals surface area contributed by atoms with Crippen molar-refractivity contribution in [2.45, 2.75) is 26.2 Å². The van der Waals surface area contributed by atoms with Crippen LogP contribution in [0.2, 0.25) is 0 Å². The molecule has 1 N–H and O–H groups in total. The fourth-order valence-corrected chi connectivity index (χ4v) is 3.48. The Hall–Kier alpha value is -2.69. The third kappa shape index (κ3) is 5.16. The highest BCUT2D eigenvalue weighted by molar-refractivity contribution is 5.94. The van der Waals surface area contributed by atoms with Gasteiger partial charge in [0.1, 0.15) is 5.82 Å². The van der Waals surface area contributed by atoms with Crippen molar-refractivity contribution in [3.05, 3.63) is 71.0 Å². The lowest BCUT2D eigenvalue weighted by Gasteiger charge is -2.33. The number of likely N-dealkylation sites (tertiary alicyclic amines) is 1. The molecule has 5 heteroatoms. The van der Waals surface area contributed by atoms with Crippen LogP contribution in [0.15, 0.2) is 48.5 Å². The van der Waals surface area contributed by atoms with Crippen molar-refractivity contribution < 1.29 is 14.0 Å². The molecule has 2 amide bonds. The van der Waals surface area contributed by atoms with E-state index in [1.807, 2.05) is 36.1 Å². The van der Waals surface area contributed by atoms with E-state index in [9.17, 15) is 14.0 Å². The van der Waals surface area contributed by atoms with Gasteiger partial charge in [0.2, 0.25) is 5.91 Å². The monoisotopic (exact) mass is 368 g/mol. The number of hydrogen-bond donors (Lipinski definition) is 1. The SMILES string of the molecule is Cc1ccccc1CC(=O)N1CCC[C@@H](CNC(=O)c2ccc(F)cc2)C1. The van der Waals surface area contributed by atoms with Gasteiger partial charge in [-0.15, -0.1) is 0 Å². The largest absolute Gasteiger partial charge is 0.352 e. The molecule has 2 aromatic carbocycles. The number of benzene rings is 2. The van der Waals surface area contributed by atoms with Crippen LogP contribution in [0.25, 0.3) is 0 Å². The molecule has 0 bridgehead atoms. The summed E-state index contributed by atoms with van der Waals surface area (Å²) in [7, 11) is 0. The summed E-state index contributed by atoms with van der Waals surface area (Å²) >= 11 is 0. The molecule has 1 aliphatic rings. The molecule has 4 nitrogen and oxygen atoms in total. The molecule has 142 valence electrons. The van der Waals surface area contributed by atoms with Crippen LogP contribution in [0.1, 0.15) is 34.3 Å². The predicted molar refractivity (Wildman–Crippen MR) is 103 cm³/mol. The number of carbonyl (C=O) groups is 2. The number of nitrogens with one attached hydrogen (secondary N) is 1. The zero-order valence-corrected chi connectivity index (χ0v) is 15.6. The van der Waals surface area contributed by atoms with Gasteiger partial charge in [-0.2, -0.15) is 0 Å². The summed E-state index contributed by atoms with van der Waals surface area (Å²) in [6.45, 7) is 3.97. The van der Waals surface area contributed by atoms with Gasteiger partial charge in [-0.25, -0.2) is 4.39 Å². The van der Waals surface area contributed by atoms with Gasteiger partial charge in [0.15, 0.2) is 0 Å². The first-order valence-electron chi connectivity index (χ1n) is 9.39. The lowest BCUT2D eigenvalue weighted by atomic mass is 9.96. The van der Waals surface area contributed by atoms with Gasteiger partial charge in [0.25, 0.3) is 5.91 Å². The number of rotatable bonds is 5. The first-order valence-corrected chi connectivity index (χ1v) is 9.39. The Morgan fingerprint density at radius 3 is 2.63 bits per heavy atom. The van der Waals surface area contributed by atoms with E-state index in [1.165, 1.54) is 24.3 Å². The van der Waals surface area contributed by atoms with Crippen molar-refractivity contribution in [3.63, 3.8) is 0 Å². The molecular formula is C22H25FN2O2. The standard InChI is InChI=1S/C22H25FN2O2/c1-16-5-2-3-7-19(16)13-21(26)25-12-4-6-17(15-25)14-24-22(27)18-8-10-20(23)11-9-18/h2-3,5,7-11,17H,4,6,12-15H2,1H3,(H,24,27)/t17-/m0/s1. The van der Waals surface area contributed by atoms with Crippen LogP contribution in [-0.4, -0.2) is 36.3 Å². The Labute approximate surface area is 159 Å². The van der Waals surface area contributed by atoms with Crippen LogP contribution in [0.4, 0.5) is 4.39 Å². The van der Waals surface area contributed by atoms with E-state index in [4.69, 9.17) is 0 Å². The maximum absolute atomic E-state index is 13.0. The molecule has 0 aromatic heterocycles. The second-order valence-corrected chi connectivity index (χ2v) is 7.17. The number of hydrogen-bond acceptors (Lipinski definition) is 2. The quantitative estimate of drug-likeness (QED) is 0.880. The van der Waals surface area contributed by atoms with E-state index in [0.717, 1.165) is 30.5 Å². The van der Waals surface area contributed by atoms with Gasteiger partial charge in [0.05, 0.1) is 6.42 Å². The summed E-state index contributed by atoms with van der Waals surface area (Å²) in [5.74, 6) is -0.192. The van der Waals surface area contributed by atoms with Crippen LogP contribution in [0.3, 0.4) is 0 Å². The molecule has 2 aromatic rings. The van der Waals surface area contributed by atoms with Crippen molar-refractivity contribution in [1.29, 1.82) is 0 Å². The second-order valence-electron chi connectivity index (χ2n) is 7.17. The van der Waals surface area contributed by atoms with Crippen molar-refractivity contribution in [3.8, 4) is 0 Å². The summed E-state index contributed by atoms with van der Waals surface area (Å²) in [6.07, 6.45) is 2.34. The Bertz CT molecular complexity index is 804. The molecule has 0 saturated carbocycles. The maximum Gasteiger partial charge on any atom is 0.251 e. The molecule has 0 spiro atoms. The van der Waals surface area contributed by atoms with E-state index in [-0.39, 0.29) is 23.5 Å². The summed E-state index contributed by atoms with van der Waals surface area (Å²) < 4.78 is 13.0. The zero-order chi connectivity index (χ0) is 19.2. The summed E-state index contributed by atoms with van der Waals surface area (Å²) in [5.41, 5.74) is 2.64. The minimum absolute atomic E-state index is 0.138. The van der Waals surface area contributed by atoms with Crippen LogP contribution in [0.5, 0.6) is 0 Å². The Morgan fingerprint density at radius 2 is 1.89 bits per heavy atom. The number of carbonyl (C=O) groups excluding carboxylic acids is 2. The topological polar surface area (TPSA) is 49.4 Å². The van der Waals surface area contributed by atoms with Gasteiger partial charge in [-0.05, 0) is 61.1 Å². The maximum atomic E-state index is 13.0. The fraction of sp³-hybridized carbons (Fsp3) is 0.364. The van der Waals surface area contributed by atoms with Crippen LogP contribution in [-0.2, 0) is 11.2 Å². The third-order valence-corrected chi connectivity index (χ3v) is 5.13. The number of nitrogens with zero attached hydrogens (tertiary/aromatic N) is 1. The fourth-order valence-electron chi connectivity index (χ4n) is 3.48.